The van der Waals surface area contributed by atoms with Crippen molar-refractivity contribution < 1.29 is 5.11 Å². The van der Waals surface area contributed by atoms with Crippen molar-refractivity contribution in [3.8, 4) is 0 Å². The third-order valence-electron chi connectivity index (χ3n) is 3.16. The van der Waals surface area contributed by atoms with E-state index in [9.17, 15) is 5.11 Å². The first-order valence-electron chi connectivity index (χ1n) is 5.25. The largest absolute Gasteiger partial charge is 0.393 e. The second kappa shape index (κ2) is 3.75. The molecule has 2 unspecified atom stereocenters. The number of hydrogen-bond acceptors (Lipinski definition) is 2. The van der Waals surface area contributed by atoms with Crippen LogP contribution in [0, 0.1) is 11.8 Å². The van der Waals surface area contributed by atoms with E-state index in [-0.39, 0.29) is 6.10 Å². The molecule has 2 aliphatic carbocycles. The molecule has 0 bridgehead atoms. The van der Waals surface area contributed by atoms with Crippen LogP contribution in [0.2, 0.25) is 0 Å². The Balaban J connectivity index is 1.58. The molecule has 2 N–H and O–H groups in total. The van der Waals surface area contributed by atoms with Crippen molar-refractivity contribution in [3.63, 3.8) is 0 Å². The molecule has 2 aliphatic rings. The lowest BCUT2D eigenvalue weighted by Crippen LogP contribution is -2.29. The Labute approximate surface area is 74.4 Å². The van der Waals surface area contributed by atoms with Crippen LogP contribution >= 0.6 is 0 Å². The van der Waals surface area contributed by atoms with Gasteiger partial charge >= 0.3 is 0 Å². The van der Waals surface area contributed by atoms with E-state index < -0.39 is 0 Å². The minimum Gasteiger partial charge on any atom is -0.393 e. The average molecular weight is 169 g/mol. The molecule has 0 aliphatic heterocycles. The predicted octanol–water partition coefficient (Wildman–Crippen LogP) is 1.15. The number of aliphatic hydroxyl groups is 1. The van der Waals surface area contributed by atoms with E-state index in [0.29, 0.717) is 5.92 Å². The normalized spacial score (nSPS) is 35.8. The molecule has 0 aromatic rings. The third-order valence-corrected chi connectivity index (χ3v) is 3.16. The molecule has 2 heteroatoms. The lowest BCUT2D eigenvalue weighted by atomic mass is 10.1. The van der Waals surface area contributed by atoms with Gasteiger partial charge in [-0.3, -0.25) is 0 Å². The Kier molecular flexibility index (Phi) is 2.66. The fraction of sp³-hybridized carbons (Fsp3) is 1.00. The molecule has 12 heavy (non-hydrogen) atoms. The fourth-order valence-corrected chi connectivity index (χ4v) is 2.05. The van der Waals surface area contributed by atoms with Gasteiger partial charge in [0.15, 0.2) is 0 Å². The summed E-state index contributed by atoms with van der Waals surface area (Å²) in [5.41, 5.74) is 0. The molecule has 2 rings (SSSR count). The Bertz CT molecular complexity index is 145. The molecule has 0 saturated heterocycles. The van der Waals surface area contributed by atoms with E-state index in [4.69, 9.17) is 0 Å². The highest BCUT2D eigenvalue weighted by molar-refractivity contribution is 4.80. The molecule has 2 fully saturated rings. The zero-order valence-corrected chi connectivity index (χ0v) is 7.63. The Morgan fingerprint density at radius 1 is 1.08 bits per heavy atom. The van der Waals surface area contributed by atoms with Crippen molar-refractivity contribution >= 4 is 0 Å². The van der Waals surface area contributed by atoms with Crippen molar-refractivity contribution in [1.29, 1.82) is 0 Å². The second-order valence-electron chi connectivity index (χ2n) is 4.36. The molecule has 70 valence electrons. The van der Waals surface area contributed by atoms with Crippen LogP contribution < -0.4 is 5.32 Å². The maximum Gasteiger partial charge on any atom is 0.0580 e. The van der Waals surface area contributed by atoms with Gasteiger partial charge in [0.1, 0.15) is 0 Å². The van der Waals surface area contributed by atoms with Crippen LogP contribution in [0.3, 0.4) is 0 Å². The van der Waals surface area contributed by atoms with Crippen molar-refractivity contribution in [1.82, 2.24) is 5.32 Å². The van der Waals surface area contributed by atoms with Gasteiger partial charge in [-0.25, -0.2) is 0 Å². The molecule has 2 atom stereocenters. The first kappa shape index (κ1) is 8.52. The zero-order valence-electron chi connectivity index (χ0n) is 7.63. The van der Waals surface area contributed by atoms with Crippen LogP contribution in [0.25, 0.3) is 0 Å². The second-order valence-corrected chi connectivity index (χ2v) is 4.36. The van der Waals surface area contributed by atoms with Gasteiger partial charge in [-0.15, -0.1) is 0 Å². The van der Waals surface area contributed by atoms with Gasteiger partial charge in [-0.05, 0) is 44.1 Å². The molecule has 0 amide bonds. The molecular formula is C10H19NO. The van der Waals surface area contributed by atoms with Gasteiger partial charge in [0, 0.05) is 6.54 Å². The minimum atomic E-state index is -0.0169. The van der Waals surface area contributed by atoms with Crippen molar-refractivity contribution in [2.75, 3.05) is 13.1 Å². The summed E-state index contributed by atoms with van der Waals surface area (Å²) in [6.07, 6.45) is 6.28. The molecule has 2 saturated carbocycles. The van der Waals surface area contributed by atoms with Gasteiger partial charge in [0.25, 0.3) is 0 Å². The summed E-state index contributed by atoms with van der Waals surface area (Å²) < 4.78 is 0. The zero-order chi connectivity index (χ0) is 8.39. The summed E-state index contributed by atoms with van der Waals surface area (Å²) in [6.45, 7) is 2.22. The van der Waals surface area contributed by atoms with E-state index >= 15 is 0 Å². The quantitative estimate of drug-likeness (QED) is 0.661. The molecular weight excluding hydrogens is 150 g/mol. The summed E-state index contributed by atoms with van der Waals surface area (Å²) in [5, 5.41) is 13.0. The van der Waals surface area contributed by atoms with E-state index in [2.05, 4.69) is 5.32 Å². The maximum atomic E-state index is 9.53. The van der Waals surface area contributed by atoms with E-state index in [1.54, 1.807) is 0 Å². The Morgan fingerprint density at radius 3 is 2.50 bits per heavy atom. The third kappa shape index (κ3) is 2.20. The highest BCUT2D eigenvalue weighted by atomic mass is 16.3. The molecule has 0 spiro atoms. The van der Waals surface area contributed by atoms with Crippen molar-refractivity contribution in [2.24, 2.45) is 11.8 Å². The highest BCUT2D eigenvalue weighted by Crippen LogP contribution is 2.28. The maximum absolute atomic E-state index is 9.53. The van der Waals surface area contributed by atoms with Crippen LogP contribution in [-0.2, 0) is 0 Å². The number of rotatable bonds is 4. The number of aliphatic hydroxyl groups excluding tert-OH is 1. The van der Waals surface area contributed by atoms with Gasteiger partial charge in [-0.1, -0.05) is 6.42 Å². The average Bonchev–Trinajstić information content (AvgIpc) is 2.78. The summed E-state index contributed by atoms with van der Waals surface area (Å²) >= 11 is 0. The highest BCUT2D eigenvalue weighted by Gasteiger charge is 2.26. The molecule has 2 nitrogen and oxygen atoms in total. The smallest absolute Gasteiger partial charge is 0.0580 e. The topological polar surface area (TPSA) is 32.3 Å². The summed E-state index contributed by atoms with van der Waals surface area (Å²) in [5.74, 6) is 1.51. The summed E-state index contributed by atoms with van der Waals surface area (Å²) in [7, 11) is 0. The first-order chi connectivity index (χ1) is 5.86. The van der Waals surface area contributed by atoms with Crippen LogP contribution in [0.1, 0.15) is 32.1 Å². The number of hydrogen-bond donors (Lipinski definition) is 2. The summed E-state index contributed by atoms with van der Waals surface area (Å²) in [6, 6.07) is 0. The standard InChI is InChI=1S/C10H19NO/c12-10-3-1-2-9(10)7-11-6-8-4-5-8/h8-12H,1-7H2. The van der Waals surface area contributed by atoms with E-state index in [1.807, 2.05) is 0 Å². The molecule has 0 radical (unpaired) electrons. The monoisotopic (exact) mass is 169 g/mol. The molecule has 0 aromatic heterocycles. The van der Waals surface area contributed by atoms with Crippen molar-refractivity contribution in [3.05, 3.63) is 0 Å². The first-order valence-corrected chi connectivity index (χ1v) is 5.25. The van der Waals surface area contributed by atoms with Crippen LogP contribution in [0.5, 0.6) is 0 Å². The summed E-state index contributed by atoms with van der Waals surface area (Å²) in [4.78, 5) is 0. The Hall–Kier alpha value is -0.0800. The fourth-order valence-electron chi connectivity index (χ4n) is 2.05. The van der Waals surface area contributed by atoms with Gasteiger partial charge in [0.2, 0.25) is 0 Å². The van der Waals surface area contributed by atoms with Crippen LogP contribution in [-0.4, -0.2) is 24.3 Å². The molecule has 0 aromatic carbocycles. The van der Waals surface area contributed by atoms with Crippen LogP contribution in [0.4, 0.5) is 0 Å². The van der Waals surface area contributed by atoms with Gasteiger partial charge < -0.3 is 10.4 Å². The van der Waals surface area contributed by atoms with E-state index in [1.165, 1.54) is 32.2 Å². The lowest BCUT2D eigenvalue weighted by Gasteiger charge is -2.14. The van der Waals surface area contributed by atoms with Gasteiger partial charge in [-0.2, -0.15) is 0 Å². The lowest BCUT2D eigenvalue weighted by molar-refractivity contribution is 0.131. The number of nitrogens with one attached hydrogen (secondary N) is 1. The molecule has 0 heterocycles. The SMILES string of the molecule is OC1CCCC1CNCC1CC1. The van der Waals surface area contributed by atoms with E-state index in [0.717, 1.165) is 18.9 Å². The van der Waals surface area contributed by atoms with Crippen molar-refractivity contribution in [2.45, 2.75) is 38.2 Å². The minimum absolute atomic E-state index is 0.0169. The van der Waals surface area contributed by atoms with Crippen LogP contribution in [0.15, 0.2) is 0 Å². The van der Waals surface area contributed by atoms with Gasteiger partial charge in [0.05, 0.1) is 6.10 Å². The Morgan fingerprint density at radius 2 is 1.92 bits per heavy atom. The predicted molar refractivity (Wildman–Crippen MR) is 48.9 cm³/mol.